The first-order valence-corrected chi connectivity index (χ1v) is 3.20. The Morgan fingerprint density at radius 3 is 2.50 bits per heavy atom. The van der Waals surface area contributed by atoms with E-state index in [0.29, 0.717) is 0 Å². The Bertz CT molecular complexity index is 334. The van der Waals surface area contributed by atoms with Crippen molar-refractivity contribution in [3.05, 3.63) is 27.8 Å². The van der Waals surface area contributed by atoms with E-state index in [1.165, 1.54) is 6.92 Å². The second kappa shape index (κ2) is 2.69. The molecule has 0 atom stereocenters. The highest BCUT2D eigenvalue weighted by Gasteiger charge is 2.15. The van der Waals surface area contributed by atoms with Crippen molar-refractivity contribution in [2.45, 2.75) is 6.92 Å². The minimum atomic E-state index is -0.617. The molecular formula is C7H7NO4. The molecule has 0 saturated carbocycles. The van der Waals surface area contributed by atoms with Gasteiger partial charge in [0.15, 0.2) is 11.5 Å². The maximum Gasteiger partial charge on any atom is 0.276 e. The summed E-state index contributed by atoms with van der Waals surface area (Å²) in [6.45, 7) is 1.37. The number of phenols is 2. The second-order valence-corrected chi connectivity index (χ2v) is 2.33. The van der Waals surface area contributed by atoms with Gasteiger partial charge in [-0.15, -0.1) is 0 Å². The lowest BCUT2D eigenvalue weighted by Gasteiger charge is -2.01. The summed E-state index contributed by atoms with van der Waals surface area (Å²) in [6, 6.07) is 2.23. The predicted molar refractivity (Wildman–Crippen MR) is 41.2 cm³/mol. The van der Waals surface area contributed by atoms with Gasteiger partial charge in [0, 0.05) is 6.07 Å². The molecule has 0 aliphatic rings. The van der Waals surface area contributed by atoms with Crippen LogP contribution in [0.15, 0.2) is 12.1 Å². The lowest BCUT2D eigenvalue weighted by atomic mass is 10.2. The molecule has 0 amide bonds. The van der Waals surface area contributed by atoms with Crippen molar-refractivity contribution in [1.82, 2.24) is 0 Å². The van der Waals surface area contributed by atoms with Crippen molar-refractivity contribution in [3.8, 4) is 11.5 Å². The Labute approximate surface area is 68.0 Å². The third kappa shape index (κ3) is 1.16. The van der Waals surface area contributed by atoms with E-state index in [0.717, 1.165) is 12.1 Å². The largest absolute Gasteiger partial charge is 0.504 e. The monoisotopic (exact) mass is 169 g/mol. The van der Waals surface area contributed by atoms with Crippen LogP contribution in [0.3, 0.4) is 0 Å². The Balaban J connectivity index is 3.36. The van der Waals surface area contributed by atoms with Crippen LogP contribution in [0.1, 0.15) is 5.56 Å². The lowest BCUT2D eigenvalue weighted by molar-refractivity contribution is -0.385. The Hall–Kier alpha value is -1.78. The van der Waals surface area contributed by atoms with E-state index < -0.39 is 10.7 Å². The van der Waals surface area contributed by atoms with Crippen LogP contribution in [0.5, 0.6) is 11.5 Å². The van der Waals surface area contributed by atoms with Crippen LogP contribution in [-0.4, -0.2) is 15.1 Å². The van der Waals surface area contributed by atoms with Crippen molar-refractivity contribution >= 4 is 5.69 Å². The van der Waals surface area contributed by atoms with Gasteiger partial charge in [0.1, 0.15) is 0 Å². The summed E-state index contributed by atoms with van der Waals surface area (Å²) in [4.78, 5) is 9.68. The number of phenolic OH excluding ortho intramolecular Hbond substituents is 2. The van der Waals surface area contributed by atoms with Crippen molar-refractivity contribution in [3.63, 3.8) is 0 Å². The van der Waals surface area contributed by atoms with Crippen LogP contribution in [0.4, 0.5) is 5.69 Å². The molecule has 1 aromatic rings. The van der Waals surface area contributed by atoms with Gasteiger partial charge in [-0.2, -0.15) is 0 Å². The smallest absolute Gasteiger partial charge is 0.276 e. The zero-order valence-electron chi connectivity index (χ0n) is 6.31. The van der Waals surface area contributed by atoms with Gasteiger partial charge in [0.05, 0.1) is 10.5 Å². The van der Waals surface area contributed by atoms with Gasteiger partial charge in [0.2, 0.25) is 0 Å². The lowest BCUT2D eigenvalue weighted by Crippen LogP contribution is -1.91. The number of benzene rings is 1. The molecule has 0 aliphatic carbocycles. The summed E-state index contributed by atoms with van der Waals surface area (Å²) in [6.07, 6.45) is 0. The standard InChI is InChI=1S/C7H7NO4/c1-4-5(8(11)12)2-3-6(9)7(4)10/h2-3,9-10H,1H3. The number of nitrogens with zero attached hydrogens (tertiary/aromatic N) is 1. The maximum absolute atomic E-state index is 10.3. The quantitative estimate of drug-likeness (QED) is 0.377. The summed E-state index contributed by atoms with van der Waals surface area (Å²) in [5.41, 5.74) is -0.134. The van der Waals surface area contributed by atoms with E-state index in [1.807, 2.05) is 0 Å². The van der Waals surface area contributed by atoms with Gasteiger partial charge in [0.25, 0.3) is 5.69 Å². The molecule has 0 fully saturated rings. The molecule has 64 valence electrons. The van der Waals surface area contributed by atoms with E-state index >= 15 is 0 Å². The van der Waals surface area contributed by atoms with Crippen molar-refractivity contribution in [2.24, 2.45) is 0 Å². The van der Waals surface area contributed by atoms with Gasteiger partial charge in [-0.05, 0) is 13.0 Å². The molecule has 1 aromatic carbocycles. The Morgan fingerprint density at radius 1 is 1.42 bits per heavy atom. The first-order valence-electron chi connectivity index (χ1n) is 3.20. The zero-order valence-corrected chi connectivity index (χ0v) is 6.31. The van der Waals surface area contributed by atoms with E-state index in [4.69, 9.17) is 10.2 Å². The first kappa shape index (κ1) is 8.32. The summed E-state index contributed by atoms with van der Waals surface area (Å²) in [7, 11) is 0. The highest BCUT2D eigenvalue weighted by Crippen LogP contribution is 2.34. The molecule has 0 saturated heterocycles. The topological polar surface area (TPSA) is 83.6 Å². The molecule has 5 heteroatoms. The van der Waals surface area contributed by atoms with Crippen molar-refractivity contribution in [2.75, 3.05) is 0 Å². The molecule has 0 spiro atoms. The minimum Gasteiger partial charge on any atom is -0.504 e. The summed E-state index contributed by atoms with van der Waals surface area (Å²) < 4.78 is 0. The molecule has 0 aliphatic heterocycles. The molecule has 0 unspecified atom stereocenters. The minimum absolute atomic E-state index is 0.0694. The fourth-order valence-corrected chi connectivity index (χ4v) is 0.873. The number of nitro benzene ring substituents is 1. The van der Waals surface area contributed by atoms with Crippen molar-refractivity contribution in [1.29, 1.82) is 0 Å². The van der Waals surface area contributed by atoms with Gasteiger partial charge in [-0.25, -0.2) is 0 Å². The Kier molecular flexibility index (Phi) is 1.86. The highest BCUT2D eigenvalue weighted by atomic mass is 16.6. The summed E-state index contributed by atoms with van der Waals surface area (Å²) in [5.74, 6) is -0.790. The molecule has 12 heavy (non-hydrogen) atoms. The Morgan fingerprint density at radius 2 is 2.00 bits per heavy atom. The molecule has 0 heterocycles. The van der Waals surface area contributed by atoms with E-state index in [2.05, 4.69) is 0 Å². The number of nitro groups is 1. The zero-order chi connectivity index (χ0) is 9.30. The summed E-state index contributed by atoms with van der Waals surface area (Å²) >= 11 is 0. The number of aromatic hydroxyl groups is 2. The van der Waals surface area contributed by atoms with Crippen LogP contribution in [0.25, 0.3) is 0 Å². The molecule has 0 aromatic heterocycles. The fraction of sp³-hybridized carbons (Fsp3) is 0.143. The van der Waals surface area contributed by atoms with E-state index in [-0.39, 0.29) is 17.0 Å². The normalized spacial score (nSPS) is 9.75. The van der Waals surface area contributed by atoms with Gasteiger partial charge < -0.3 is 10.2 Å². The van der Waals surface area contributed by atoms with Crippen LogP contribution >= 0.6 is 0 Å². The predicted octanol–water partition coefficient (Wildman–Crippen LogP) is 1.31. The molecular weight excluding hydrogens is 162 g/mol. The van der Waals surface area contributed by atoms with E-state index in [1.54, 1.807) is 0 Å². The van der Waals surface area contributed by atoms with E-state index in [9.17, 15) is 10.1 Å². The average molecular weight is 169 g/mol. The van der Waals surface area contributed by atoms with Gasteiger partial charge in [-0.1, -0.05) is 0 Å². The fourth-order valence-electron chi connectivity index (χ4n) is 0.873. The molecule has 5 nitrogen and oxygen atoms in total. The maximum atomic E-state index is 10.3. The first-order chi connectivity index (χ1) is 5.54. The second-order valence-electron chi connectivity index (χ2n) is 2.33. The van der Waals surface area contributed by atoms with Crippen LogP contribution in [-0.2, 0) is 0 Å². The van der Waals surface area contributed by atoms with Crippen LogP contribution < -0.4 is 0 Å². The highest BCUT2D eigenvalue weighted by molar-refractivity contribution is 5.54. The van der Waals surface area contributed by atoms with Gasteiger partial charge in [-0.3, -0.25) is 10.1 Å². The third-order valence-electron chi connectivity index (χ3n) is 1.58. The van der Waals surface area contributed by atoms with Crippen molar-refractivity contribution < 1.29 is 15.1 Å². The van der Waals surface area contributed by atoms with Crippen LogP contribution in [0, 0.1) is 17.0 Å². The molecule has 0 bridgehead atoms. The van der Waals surface area contributed by atoms with Gasteiger partial charge >= 0.3 is 0 Å². The van der Waals surface area contributed by atoms with Crippen LogP contribution in [0.2, 0.25) is 0 Å². The number of hydrogen-bond acceptors (Lipinski definition) is 4. The molecule has 1 rings (SSSR count). The SMILES string of the molecule is Cc1c([N+](=O)[O-])ccc(O)c1O. The average Bonchev–Trinajstić information content (AvgIpc) is 2.00. The summed E-state index contributed by atoms with van der Waals surface area (Å²) in [5, 5.41) is 28.3. The third-order valence-corrected chi connectivity index (χ3v) is 1.58. The molecule has 0 radical (unpaired) electrons. The molecule has 2 N–H and O–H groups in total. The number of rotatable bonds is 1. The number of hydrogen-bond donors (Lipinski definition) is 2.